The summed E-state index contributed by atoms with van der Waals surface area (Å²) in [6.45, 7) is 7.98. The number of nitrogen functional groups attached to an aromatic ring is 2. The number of phenols is 2. The zero-order chi connectivity index (χ0) is 49.5. The summed E-state index contributed by atoms with van der Waals surface area (Å²) in [6, 6.07) is 52.9. The topological polar surface area (TPSA) is 174 Å². The Hall–Kier alpha value is -7.32. The van der Waals surface area contributed by atoms with Crippen LogP contribution in [0.15, 0.2) is 197 Å². The van der Waals surface area contributed by atoms with Gasteiger partial charge in [0.15, 0.2) is 11.2 Å². The van der Waals surface area contributed by atoms with Gasteiger partial charge in [-0.3, -0.25) is 9.79 Å². The van der Waals surface area contributed by atoms with Gasteiger partial charge in [0, 0.05) is 42.0 Å². The van der Waals surface area contributed by atoms with Gasteiger partial charge in [-0.15, -0.1) is 0 Å². The van der Waals surface area contributed by atoms with Crippen LogP contribution in [0, 0.1) is 27.7 Å². The van der Waals surface area contributed by atoms with E-state index in [4.69, 9.17) is 25.4 Å². The van der Waals surface area contributed by atoms with Crippen LogP contribution in [0.4, 0.5) is 17.1 Å². The van der Waals surface area contributed by atoms with Crippen LogP contribution in [0.25, 0.3) is 45.1 Å². The maximum absolute atomic E-state index is 10.1. The number of anilines is 2. The predicted octanol–water partition coefficient (Wildman–Crippen LogP) is 15.7. The second-order valence-electron chi connectivity index (χ2n) is 15.6. The molecule has 0 unspecified atom stereocenters. The molecule has 0 saturated heterocycles. The zero-order valence-electron chi connectivity index (χ0n) is 38.1. The highest BCUT2D eigenvalue weighted by Gasteiger charge is 2.09. The van der Waals surface area contributed by atoms with E-state index in [1.54, 1.807) is 36.5 Å². The number of aliphatic imine (C=N–C) groups is 1. The van der Waals surface area contributed by atoms with E-state index in [0.717, 1.165) is 75.4 Å². The van der Waals surface area contributed by atoms with Gasteiger partial charge >= 0.3 is 0 Å². The molecule has 0 saturated carbocycles. The first kappa shape index (κ1) is 51.1. The van der Waals surface area contributed by atoms with Crippen LogP contribution in [0.3, 0.4) is 0 Å². The number of fused-ring (bicyclic) bond motifs is 2. The van der Waals surface area contributed by atoms with E-state index in [1.807, 2.05) is 167 Å². The van der Waals surface area contributed by atoms with Crippen molar-refractivity contribution in [3.8, 4) is 34.4 Å². The minimum Gasteiger partial charge on any atom is -0.506 e. The highest BCUT2D eigenvalue weighted by Crippen LogP contribution is 2.29. The van der Waals surface area contributed by atoms with Crippen LogP contribution < -0.4 is 11.5 Å². The van der Waals surface area contributed by atoms with Gasteiger partial charge in [-0.25, -0.2) is 9.97 Å². The minimum absolute atomic E-state index is 0.153. The minimum atomic E-state index is 0.153. The average Bonchev–Trinajstić information content (AvgIpc) is 3.97. The monoisotopic (exact) mass is 1110 g/mol. The number of oxazole rings is 2. The Labute approximate surface area is 425 Å². The highest BCUT2D eigenvalue weighted by molar-refractivity contribution is 9.11. The third kappa shape index (κ3) is 15.6. The number of rotatable bonds is 5. The number of hydrogen-bond acceptors (Lipinski definition) is 10. The molecule has 6 N–H and O–H groups in total. The van der Waals surface area contributed by atoms with Crippen molar-refractivity contribution in [1.82, 2.24) is 9.97 Å². The molecule has 10 nitrogen and oxygen atoms in total. The third-order valence-corrected chi connectivity index (χ3v) is 11.5. The van der Waals surface area contributed by atoms with Gasteiger partial charge in [-0.2, -0.15) is 0 Å². The highest BCUT2D eigenvalue weighted by atomic mass is 79.9. The number of nitrogens with zero attached hydrogens (tertiary/aromatic N) is 3. The lowest BCUT2D eigenvalue weighted by molar-refractivity contribution is 0.112. The molecule has 0 radical (unpaired) electrons. The fourth-order valence-corrected chi connectivity index (χ4v) is 6.98. The van der Waals surface area contributed by atoms with Crippen molar-refractivity contribution in [1.29, 1.82) is 0 Å². The Morgan fingerprint density at radius 1 is 0.493 bits per heavy atom. The van der Waals surface area contributed by atoms with Crippen LogP contribution in [-0.2, 0) is 0 Å². The van der Waals surface area contributed by atoms with E-state index < -0.39 is 0 Å². The van der Waals surface area contributed by atoms with Gasteiger partial charge in [0.25, 0.3) is 0 Å². The molecule has 2 aromatic heterocycles. The number of hydrogen-bond donors (Lipinski definition) is 4. The van der Waals surface area contributed by atoms with Crippen LogP contribution in [0.5, 0.6) is 11.5 Å². The van der Waals surface area contributed by atoms with Gasteiger partial charge in [0.1, 0.15) is 34.5 Å². The molecule has 0 atom stereocenters. The lowest BCUT2D eigenvalue weighted by Crippen LogP contribution is -1.85. The molecule has 0 amide bonds. The van der Waals surface area contributed by atoms with E-state index in [9.17, 15) is 9.90 Å². The van der Waals surface area contributed by atoms with Gasteiger partial charge in [-0.1, -0.05) is 96.3 Å². The Morgan fingerprint density at radius 3 is 1.36 bits per heavy atom. The summed E-state index contributed by atoms with van der Waals surface area (Å²) in [5.74, 6) is 1.65. The summed E-state index contributed by atoms with van der Waals surface area (Å²) in [5.41, 5.74) is 24.3. The summed E-state index contributed by atoms with van der Waals surface area (Å²) in [6.07, 6.45) is 2.56. The lowest BCUT2D eigenvalue weighted by Gasteiger charge is -2.00. The molecule has 0 bridgehead atoms. The molecule has 0 fully saturated rings. The summed E-state index contributed by atoms with van der Waals surface area (Å²) in [4.78, 5) is 23.3. The van der Waals surface area contributed by atoms with Crippen molar-refractivity contribution >= 4 is 99.6 Å². The SMILES string of the molecule is Cc1ccc(O)c(N)c1.Cc1ccc(O)c(N=Cc2ccc(Br)cc2)c1.Cc1ccc2oc(-c3ccc(Br)cc3)nc2c1.Cc1ccc2oc(-c3ccc(N)cc3)nc2c1.O=Cc1ccc(Br)cc1. The second kappa shape index (κ2) is 24.6. The molecule has 2 heterocycles. The maximum atomic E-state index is 10.1. The third-order valence-electron chi connectivity index (χ3n) is 9.88. The van der Waals surface area contributed by atoms with Crippen molar-refractivity contribution in [2.24, 2.45) is 4.99 Å². The van der Waals surface area contributed by atoms with Gasteiger partial charge in [0.05, 0.1) is 5.69 Å². The van der Waals surface area contributed by atoms with Crippen LogP contribution in [-0.4, -0.2) is 32.7 Å². The quantitative estimate of drug-likeness (QED) is 0.0566. The second-order valence-corrected chi connectivity index (χ2v) is 18.4. The van der Waals surface area contributed by atoms with Crippen LogP contribution in [0.1, 0.15) is 38.2 Å². The fourth-order valence-electron chi connectivity index (χ4n) is 6.19. The first-order valence-corrected chi connectivity index (χ1v) is 23.7. The summed E-state index contributed by atoms with van der Waals surface area (Å²) in [5, 5.41) is 18.6. The van der Waals surface area contributed by atoms with Crippen molar-refractivity contribution in [3.63, 3.8) is 0 Å². The first-order valence-electron chi connectivity index (χ1n) is 21.3. The molecule has 69 heavy (non-hydrogen) atoms. The Kier molecular flexibility index (Phi) is 18.2. The summed E-state index contributed by atoms with van der Waals surface area (Å²) >= 11 is 10.0. The Balaban J connectivity index is 0.000000146. The zero-order valence-corrected chi connectivity index (χ0v) is 42.8. The number of aromatic nitrogens is 2. The van der Waals surface area contributed by atoms with E-state index in [2.05, 4.69) is 62.8 Å². The first-order chi connectivity index (χ1) is 33.1. The summed E-state index contributed by atoms with van der Waals surface area (Å²) in [7, 11) is 0. The number of benzene rings is 8. The Morgan fingerprint density at radius 2 is 0.899 bits per heavy atom. The van der Waals surface area contributed by atoms with Crippen LogP contribution >= 0.6 is 47.8 Å². The number of aldehydes is 1. The van der Waals surface area contributed by atoms with Crippen molar-refractivity contribution < 1.29 is 23.8 Å². The molecule has 0 aliphatic carbocycles. The number of nitrogens with two attached hydrogens (primary N) is 2. The molecule has 10 rings (SSSR count). The van der Waals surface area contributed by atoms with Crippen molar-refractivity contribution in [3.05, 3.63) is 217 Å². The predicted molar refractivity (Wildman–Crippen MR) is 292 cm³/mol. The largest absolute Gasteiger partial charge is 0.506 e. The number of halogens is 3. The van der Waals surface area contributed by atoms with Crippen molar-refractivity contribution in [2.75, 3.05) is 11.5 Å². The molecular formula is C56H48Br3N5O5. The molecule has 0 spiro atoms. The standard InChI is InChI=1S/C14H10BrNO.C14H12BrNO.C14H12N2O.C7H5BrO.C7H9NO/c1-9-2-7-13-12(8-9)16-14(17-13)10-3-5-11(15)6-4-10;1-10-2-7-14(17)13(8-10)16-9-11-3-5-12(15)6-4-11;1-9-2-7-13-12(8-9)16-14(17-13)10-3-5-11(15)6-4-10;8-7-3-1-6(5-9)2-4-7;1-5-2-3-7(9)6(8)4-5/h2-8H,1H3;2-9,17H,1H3;2-8H,15H2,1H3;1-5H;2-4,9H,8H2,1H3. The Bertz CT molecular complexity index is 3180. The van der Waals surface area contributed by atoms with E-state index >= 15 is 0 Å². The van der Waals surface area contributed by atoms with E-state index in [0.29, 0.717) is 28.7 Å². The summed E-state index contributed by atoms with van der Waals surface area (Å²) < 4.78 is 14.5. The van der Waals surface area contributed by atoms with Crippen LogP contribution in [0.2, 0.25) is 0 Å². The smallest absolute Gasteiger partial charge is 0.227 e. The average molecular weight is 1110 g/mol. The molecule has 0 aliphatic rings. The number of carbonyl (C=O) groups excluding carboxylic acids is 1. The fraction of sp³-hybridized carbons (Fsp3) is 0.0714. The van der Waals surface area contributed by atoms with Gasteiger partial charge < -0.3 is 30.5 Å². The maximum Gasteiger partial charge on any atom is 0.227 e. The number of phenolic OH excluding ortho intramolecular Hbond substituents is 2. The molecule has 8 aromatic carbocycles. The number of aromatic hydroxyl groups is 2. The molecule has 348 valence electrons. The molecule has 0 aliphatic heterocycles. The van der Waals surface area contributed by atoms with Gasteiger partial charge in [0.2, 0.25) is 11.8 Å². The molecule has 10 aromatic rings. The normalized spacial score (nSPS) is 10.5. The van der Waals surface area contributed by atoms with E-state index in [-0.39, 0.29) is 11.5 Å². The molecular weight excluding hydrogens is 1060 g/mol. The van der Waals surface area contributed by atoms with Gasteiger partial charge in [-0.05, 0) is 177 Å². The number of aryl methyl sites for hydroxylation is 4. The number of carbonyl (C=O) groups is 1. The lowest BCUT2D eigenvalue weighted by atomic mass is 10.2. The van der Waals surface area contributed by atoms with Crippen molar-refractivity contribution in [2.45, 2.75) is 27.7 Å². The molecule has 13 heteroatoms. The van der Waals surface area contributed by atoms with E-state index in [1.165, 1.54) is 11.1 Å².